The highest BCUT2D eigenvalue weighted by Crippen LogP contribution is 2.36. The molecule has 5 N–H and O–H groups in total. The Labute approximate surface area is 240 Å². The molecule has 0 radical (unpaired) electrons. The first-order valence-corrected chi connectivity index (χ1v) is 12.7. The molecule has 1 unspecified atom stereocenters. The summed E-state index contributed by atoms with van der Waals surface area (Å²) in [6.07, 6.45) is -1.71. The van der Waals surface area contributed by atoms with Gasteiger partial charge >= 0.3 is 24.1 Å². The van der Waals surface area contributed by atoms with E-state index in [0.717, 1.165) is 12.1 Å². The zero-order chi connectivity index (χ0) is 30.4. The third-order valence-electron chi connectivity index (χ3n) is 5.97. The van der Waals surface area contributed by atoms with Gasteiger partial charge in [0.2, 0.25) is 0 Å². The van der Waals surface area contributed by atoms with Gasteiger partial charge in [-0.05, 0) is 55.3 Å². The molecule has 2 amide bonds. The zero-order valence-corrected chi connectivity index (χ0v) is 22.3. The van der Waals surface area contributed by atoms with Crippen molar-refractivity contribution in [2.24, 2.45) is 0 Å². The SMILES string of the molecule is O=C(O)CCCC(CC(=O)O)Nc1ncnc2c1ncn2-c1ccc(NC(=O)Nc2ccc(Cl)c(C(F)(F)F)c2)cc1. The first-order chi connectivity index (χ1) is 19.9. The summed E-state index contributed by atoms with van der Waals surface area (Å²) in [5, 5.41) is 25.5. The van der Waals surface area contributed by atoms with Crippen LogP contribution in [0.4, 0.5) is 35.2 Å². The van der Waals surface area contributed by atoms with Crippen LogP contribution in [0.25, 0.3) is 16.9 Å². The van der Waals surface area contributed by atoms with Gasteiger partial charge in [-0.3, -0.25) is 14.2 Å². The van der Waals surface area contributed by atoms with Crippen molar-refractivity contribution in [2.45, 2.75) is 37.9 Å². The number of anilines is 3. The van der Waals surface area contributed by atoms with E-state index in [1.807, 2.05) is 0 Å². The van der Waals surface area contributed by atoms with Gasteiger partial charge in [0.25, 0.3) is 0 Å². The van der Waals surface area contributed by atoms with E-state index in [1.165, 1.54) is 18.7 Å². The van der Waals surface area contributed by atoms with Crippen LogP contribution >= 0.6 is 11.6 Å². The number of aliphatic carboxylic acids is 2. The number of fused-ring (bicyclic) bond motifs is 1. The average molecular weight is 606 g/mol. The molecule has 0 aliphatic carbocycles. The summed E-state index contributed by atoms with van der Waals surface area (Å²) < 4.78 is 40.9. The highest BCUT2D eigenvalue weighted by atomic mass is 35.5. The topological polar surface area (TPSA) is 171 Å². The Balaban J connectivity index is 1.46. The summed E-state index contributed by atoms with van der Waals surface area (Å²) in [6.45, 7) is 0. The number of carbonyl (C=O) groups is 3. The fraction of sp³-hybridized carbons (Fsp3) is 0.231. The lowest BCUT2D eigenvalue weighted by molar-refractivity contribution is -0.138. The Hall–Kier alpha value is -4.92. The number of nitrogens with one attached hydrogen (secondary N) is 3. The highest BCUT2D eigenvalue weighted by Gasteiger charge is 2.33. The van der Waals surface area contributed by atoms with E-state index in [0.29, 0.717) is 22.5 Å². The maximum Gasteiger partial charge on any atom is 0.417 e. The summed E-state index contributed by atoms with van der Waals surface area (Å²) in [7, 11) is 0. The summed E-state index contributed by atoms with van der Waals surface area (Å²) in [6, 6.07) is 8.09. The van der Waals surface area contributed by atoms with Crippen molar-refractivity contribution >= 4 is 57.9 Å². The predicted molar refractivity (Wildman–Crippen MR) is 147 cm³/mol. The highest BCUT2D eigenvalue weighted by molar-refractivity contribution is 6.31. The summed E-state index contributed by atoms with van der Waals surface area (Å²) in [4.78, 5) is 47.3. The number of benzene rings is 2. The Morgan fingerprint density at radius 1 is 0.952 bits per heavy atom. The molecule has 42 heavy (non-hydrogen) atoms. The number of carboxylic acids is 2. The Bertz CT molecular complexity index is 1610. The molecule has 0 aliphatic rings. The van der Waals surface area contributed by atoms with E-state index in [9.17, 15) is 32.7 Å². The van der Waals surface area contributed by atoms with Gasteiger partial charge < -0.3 is 26.2 Å². The molecule has 0 saturated carbocycles. The number of hydrogen-bond donors (Lipinski definition) is 5. The first-order valence-electron chi connectivity index (χ1n) is 12.3. The second-order valence-corrected chi connectivity index (χ2v) is 9.46. The van der Waals surface area contributed by atoms with Crippen LogP contribution in [0, 0.1) is 0 Å². The molecule has 2 heterocycles. The number of halogens is 4. The molecule has 16 heteroatoms. The monoisotopic (exact) mass is 605 g/mol. The fourth-order valence-electron chi connectivity index (χ4n) is 4.08. The maximum absolute atomic E-state index is 13.1. The van der Waals surface area contributed by atoms with Crippen LogP contribution in [-0.2, 0) is 15.8 Å². The van der Waals surface area contributed by atoms with Crippen molar-refractivity contribution in [1.29, 1.82) is 0 Å². The summed E-state index contributed by atoms with van der Waals surface area (Å²) in [5.41, 5.74) is 0.534. The number of nitrogens with zero attached hydrogens (tertiary/aromatic N) is 4. The summed E-state index contributed by atoms with van der Waals surface area (Å²) >= 11 is 5.61. The van der Waals surface area contributed by atoms with Crippen LogP contribution in [0.3, 0.4) is 0 Å². The van der Waals surface area contributed by atoms with E-state index >= 15 is 0 Å². The number of hydrogen-bond acceptors (Lipinski definition) is 7. The number of rotatable bonds is 11. The molecular formula is C26H23ClF3N7O5. The van der Waals surface area contributed by atoms with E-state index in [-0.39, 0.29) is 37.2 Å². The van der Waals surface area contributed by atoms with Crippen LogP contribution in [0.1, 0.15) is 31.2 Å². The number of carboxylic acid groups (broad SMARTS) is 2. The largest absolute Gasteiger partial charge is 0.481 e. The zero-order valence-electron chi connectivity index (χ0n) is 21.5. The molecular weight excluding hydrogens is 583 g/mol. The van der Waals surface area contributed by atoms with Crippen LogP contribution < -0.4 is 16.0 Å². The van der Waals surface area contributed by atoms with Crippen molar-refractivity contribution in [3.05, 3.63) is 65.7 Å². The third-order valence-corrected chi connectivity index (χ3v) is 6.30. The van der Waals surface area contributed by atoms with Gasteiger partial charge in [-0.25, -0.2) is 19.7 Å². The maximum atomic E-state index is 13.1. The predicted octanol–water partition coefficient (Wildman–Crippen LogP) is 5.64. The second kappa shape index (κ2) is 12.7. The standard InChI is InChI=1S/C26H23ClF3N7O5/c27-19-9-6-16(10-18(19)26(28,29)30)36-25(42)35-14-4-7-17(8-5-14)37-13-33-22-23(31-12-32-24(22)37)34-15(11-21(40)41)2-1-3-20(38)39/h4-10,12-13,15H,1-3,11H2,(H,38,39)(H,40,41)(H,31,32,34)(H2,35,36,42). The van der Waals surface area contributed by atoms with Crippen molar-refractivity contribution in [3.8, 4) is 5.69 Å². The third kappa shape index (κ3) is 7.63. The number of aromatic nitrogens is 4. The number of alkyl halides is 3. The molecule has 2 aromatic carbocycles. The molecule has 1 atom stereocenters. The van der Waals surface area contributed by atoms with E-state index in [1.54, 1.807) is 28.8 Å². The molecule has 220 valence electrons. The lowest BCUT2D eigenvalue weighted by Gasteiger charge is -2.17. The van der Waals surface area contributed by atoms with Gasteiger partial charge in [-0.1, -0.05) is 11.6 Å². The van der Waals surface area contributed by atoms with Gasteiger partial charge in [0.05, 0.1) is 17.0 Å². The van der Waals surface area contributed by atoms with E-state index < -0.39 is 40.8 Å². The van der Waals surface area contributed by atoms with Crippen molar-refractivity contribution in [3.63, 3.8) is 0 Å². The molecule has 0 saturated heterocycles. The van der Waals surface area contributed by atoms with Crippen molar-refractivity contribution in [1.82, 2.24) is 19.5 Å². The molecule has 0 fully saturated rings. The van der Waals surface area contributed by atoms with E-state index in [2.05, 4.69) is 30.9 Å². The van der Waals surface area contributed by atoms with Gasteiger partial charge in [0.1, 0.15) is 12.7 Å². The molecule has 2 aromatic heterocycles. The molecule has 4 rings (SSSR count). The molecule has 0 spiro atoms. The normalized spacial score (nSPS) is 12.1. The lowest BCUT2D eigenvalue weighted by atomic mass is 10.1. The van der Waals surface area contributed by atoms with Crippen LogP contribution in [0.2, 0.25) is 5.02 Å². The Morgan fingerprint density at radius 3 is 2.31 bits per heavy atom. The van der Waals surface area contributed by atoms with Crippen LogP contribution in [-0.4, -0.2) is 53.7 Å². The lowest BCUT2D eigenvalue weighted by Crippen LogP contribution is -2.24. The van der Waals surface area contributed by atoms with E-state index in [4.69, 9.17) is 16.7 Å². The second-order valence-electron chi connectivity index (χ2n) is 9.05. The first kappa shape index (κ1) is 30.0. The Kier molecular flexibility index (Phi) is 9.10. The summed E-state index contributed by atoms with van der Waals surface area (Å²) in [5.74, 6) is -1.75. The number of amides is 2. The molecule has 0 bridgehead atoms. The average Bonchev–Trinajstić information content (AvgIpc) is 3.34. The van der Waals surface area contributed by atoms with Crippen molar-refractivity contribution < 1.29 is 37.8 Å². The van der Waals surface area contributed by atoms with Crippen LogP contribution in [0.5, 0.6) is 0 Å². The van der Waals surface area contributed by atoms with Gasteiger partial charge in [-0.15, -0.1) is 0 Å². The van der Waals surface area contributed by atoms with Gasteiger partial charge in [0, 0.05) is 29.5 Å². The molecule has 4 aromatic rings. The minimum atomic E-state index is -4.68. The van der Waals surface area contributed by atoms with Crippen LogP contribution in [0.15, 0.2) is 55.1 Å². The molecule has 12 nitrogen and oxygen atoms in total. The van der Waals surface area contributed by atoms with Gasteiger partial charge in [-0.2, -0.15) is 13.2 Å². The Morgan fingerprint density at radius 2 is 1.64 bits per heavy atom. The van der Waals surface area contributed by atoms with Crippen molar-refractivity contribution in [2.75, 3.05) is 16.0 Å². The fourth-order valence-corrected chi connectivity index (χ4v) is 4.30. The minimum absolute atomic E-state index is 0.0951. The quantitative estimate of drug-likeness (QED) is 0.145. The van der Waals surface area contributed by atoms with Gasteiger partial charge in [0.15, 0.2) is 17.0 Å². The number of carbonyl (C=O) groups excluding carboxylic acids is 1. The smallest absolute Gasteiger partial charge is 0.417 e. The molecule has 0 aliphatic heterocycles. The number of imidazole rings is 1. The number of urea groups is 1. The minimum Gasteiger partial charge on any atom is -0.481 e.